The number of hydrogen-bond donors (Lipinski definition) is 2. The first kappa shape index (κ1) is 17.9. The van der Waals surface area contributed by atoms with E-state index in [4.69, 9.17) is 9.84 Å². The van der Waals surface area contributed by atoms with Crippen molar-refractivity contribution in [2.75, 3.05) is 6.54 Å². The van der Waals surface area contributed by atoms with Gasteiger partial charge in [-0.15, -0.1) is 11.3 Å². The molecule has 1 aromatic carbocycles. The van der Waals surface area contributed by atoms with Gasteiger partial charge in [0.1, 0.15) is 12.4 Å². The minimum Gasteiger partial charge on any atom is -0.487 e. The van der Waals surface area contributed by atoms with Crippen LogP contribution in [0, 0.1) is 12.3 Å². The number of aryl methyl sites for hydroxylation is 1. The van der Waals surface area contributed by atoms with Gasteiger partial charge in [0.15, 0.2) is 0 Å². The number of hydrogen-bond acceptors (Lipinski definition) is 5. The van der Waals surface area contributed by atoms with Crippen LogP contribution in [-0.2, 0) is 11.4 Å². The first-order chi connectivity index (χ1) is 11.3. The smallest absolute Gasteiger partial charge is 0.310 e. The number of nitrogens with one attached hydrogen (secondary N) is 1. The second-order valence-electron chi connectivity index (χ2n) is 6.05. The zero-order valence-electron chi connectivity index (χ0n) is 13.8. The molecule has 2 N–H and O–H groups in total. The number of amides is 1. The van der Waals surface area contributed by atoms with Gasteiger partial charge in [-0.3, -0.25) is 9.59 Å². The van der Waals surface area contributed by atoms with Crippen LogP contribution in [0.25, 0.3) is 0 Å². The quantitative estimate of drug-likeness (QED) is 0.803. The molecule has 0 fully saturated rings. The van der Waals surface area contributed by atoms with Gasteiger partial charge < -0.3 is 15.2 Å². The predicted molar refractivity (Wildman–Crippen MR) is 91.4 cm³/mol. The van der Waals surface area contributed by atoms with Crippen LogP contribution in [-0.4, -0.2) is 28.5 Å². The highest BCUT2D eigenvalue weighted by atomic mass is 32.1. The Bertz CT molecular complexity index is 740. The van der Waals surface area contributed by atoms with Crippen LogP contribution in [0.4, 0.5) is 0 Å². The molecule has 0 unspecified atom stereocenters. The number of carboxylic acids is 1. The Hall–Kier alpha value is -2.41. The largest absolute Gasteiger partial charge is 0.487 e. The van der Waals surface area contributed by atoms with Crippen molar-refractivity contribution in [2.45, 2.75) is 27.4 Å². The summed E-state index contributed by atoms with van der Waals surface area (Å²) in [5, 5.41) is 14.6. The van der Waals surface area contributed by atoms with Crippen molar-refractivity contribution in [1.82, 2.24) is 10.3 Å². The number of thiazole rings is 1. The van der Waals surface area contributed by atoms with E-state index in [1.807, 2.05) is 12.3 Å². The topological polar surface area (TPSA) is 88.5 Å². The number of carboxylic acid groups (broad SMARTS) is 1. The Morgan fingerprint density at radius 3 is 2.75 bits per heavy atom. The lowest BCUT2D eigenvalue weighted by molar-refractivity contribution is -0.146. The fourth-order valence-corrected chi connectivity index (χ4v) is 2.44. The lowest BCUT2D eigenvalue weighted by atomic mass is 9.94. The molecule has 0 aliphatic rings. The van der Waals surface area contributed by atoms with E-state index in [2.05, 4.69) is 10.3 Å². The van der Waals surface area contributed by atoms with Crippen LogP contribution in [0.3, 0.4) is 0 Å². The van der Waals surface area contributed by atoms with Gasteiger partial charge in [-0.25, -0.2) is 4.98 Å². The average molecular weight is 348 g/mol. The number of rotatable bonds is 7. The van der Waals surface area contributed by atoms with E-state index < -0.39 is 11.4 Å². The highest BCUT2D eigenvalue weighted by Crippen LogP contribution is 2.17. The van der Waals surface area contributed by atoms with Crippen molar-refractivity contribution in [2.24, 2.45) is 5.41 Å². The second-order valence-corrected chi connectivity index (χ2v) is 7.11. The number of nitrogens with zero attached hydrogens (tertiary/aromatic N) is 1. The molecule has 0 spiro atoms. The maximum Gasteiger partial charge on any atom is 0.310 e. The summed E-state index contributed by atoms with van der Waals surface area (Å²) in [7, 11) is 0. The molecule has 0 bridgehead atoms. The van der Waals surface area contributed by atoms with Crippen LogP contribution < -0.4 is 10.1 Å². The van der Waals surface area contributed by atoms with E-state index in [-0.39, 0.29) is 12.5 Å². The summed E-state index contributed by atoms with van der Waals surface area (Å²) in [6.07, 6.45) is 0. The fraction of sp³-hybridized carbons (Fsp3) is 0.353. The van der Waals surface area contributed by atoms with E-state index in [0.717, 1.165) is 10.7 Å². The molecular weight excluding hydrogens is 328 g/mol. The Morgan fingerprint density at radius 2 is 2.12 bits per heavy atom. The Labute approximate surface area is 144 Å². The number of carbonyl (C=O) groups is 2. The Balaban J connectivity index is 1.96. The molecule has 0 atom stereocenters. The van der Waals surface area contributed by atoms with Gasteiger partial charge in [0, 0.05) is 17.5 Å². The van der Waals surface area contributed by atoms with Gasteiger partial charge in [0.2, 0.25) is 0 Å². The van der Waals surface area contributed by atoms with Crippen molar-refractivity contribution in [3.05, 3.63) is 45.9 Å². The van der Waals surface area contributed by atoms with E-state index >= 15 is 0 Å². The molecule has 1 heterocycles. The van der Waals surface area contributed by atoms with E-state index in [1.54, 1.807) is 49.4 Å². The third-order valence-corrected chi connectivity index (χ3v) is 4.24. The molecule has 6 nitrogen and oxygen atoms in total. The van der Waals surface area contributed by atoms with Gasteiger partial charge in [-0.05, 0) is 39.0 Å². The standard InChI is InChI=1S/C17H20N2O4S/c1-11-19-13(9-24-11)8-23-14-6-4-5-12(7-14)15(20)18-10-17(2,3)16(21)22/h4-7,9H,8,10H2,1-3H3,(H,18,20)(H,21,22). The van der Waals surface area contributed by atoms with Crippen molar-refractivity contribution in [3.8, 4) is 5.75 Å². The highest BCUT2D eigenvalue weighted by Gasteiger charge is 2.27. The van der Waals surface area contributed by atoms with Gasteiger partial charge in [-0.2, -0.15) is 0 Å². The van der Waals surface area contributed by atoms with Gasteiger partial charge in [0.25, 0.3) is 5.91 Å². The number of aromatic nitrogens is 1. The lowest BCUT2D eigenvalue weighted by Crippen LogP contribution is -2.38. The molecule has 1 amide bonds. The maximum atomic E-state index is 12.2. The van der Waals surface area contributed by atoms with Crippen molar-refractivity contribution in [3.63, 3.8) is 0 Å². The molecule has 0 aliphatic carbocycles. The van der Waals surface area contributed by atoms with Crippen LogP contribution in [0.1, 0.15) is 34.9 Å². The normalized spacial score (nSPS) is 11.1. The molecule has 0 saturated heterocycles. The molecule has 2 aromatic rings. The minimum absolute atomic E-state index is 0.0460. The van der Waals surface area contributed by atoms with Crippen molar-refractivity contribution >= 4 is 23.2 Å². The predicted octanol–water partition coefficient (Wildman–Crippen LogP) is 2.87. The number of carbonyl (C=O) groups excluding carboxylic acids is 1. The zero-order valence-corrected chi connectivity index (χ0v) is 14.6. The third-order valence-electron chi connectivity index (χ3n) is 3.42. The number of benzene rings is 1. The summed E-state index contributed by atoms with van der Waals surface area (Å²) in [5.41, 5.74) is 0.241. The first-order valence-electron chi connectivity index (χ1n) is 7.43. The van der Waals surface area contributed by atoms with Crippen LogP contribution in [0.2, 0.25) is 0 Å². The summed E-state index contributed by atoms with van der Waals surface area (Å²) in [5.74, 6) is -0.733. The number of aliphatic carboxylic acids is 1. The average Bonchev–Trinajstić information content (AvgIpc) is 2.96. The SMILES string of the molecule is Cc1nc(COc2cccc(C(=O)NCC(C)(C)C(=O)O)c2)cs1. The maximum absolute atomic E-state index is 12.2. The van der Waals surface area contributed by atoms with Crippen LogP contribution in [0.15, 0.2) is 29.6 Å². The van der Waals surface area contributed by atoms with Gasteiger partial charge >= 0.3 is 5.97 Å². The summed E-state index contributed by atoms with van der Waals surface area (Å²) >= 11 is 1.56. The molecule has 0 radical (unpaired) electrons. The first-order valence-corrected chi connectivity index (χ1v) is 8.31. The van der Waals surface area contributed by atoms with Crippen LogP contribution in [0.5, 0.6) is 5.75 Å². The van der Waals surface area contributed by atoms with Crippen LogP contribution >= 0.6 is 11.3 Å². The molecule has 1 aromatic heterocycles. The molecule has 24 heavy (non-hydrogen) atoms. The molecule has 2 rings (SSSR count). The monoisotopic (exact) mass is 348 g/mol. The Morgan fingerprint density at radius 1 is 1.38 bits per heavy atom. The molecular formula is C17H20N2O4S. The summed E-state index contributed by atoms with van der Waals surface area (Å²) in [4.78, 5) is 27.6. The van der Waals surface area contributed by atoms with E-state index in [1.165, 1.54) is 0 Å². The fourth-order valence-electron chi connectivity index (χ4n) is 1.84. The number of ether oxygens (including phenoxy) is 1. The second kappa shape index (κ2) is 7.44. The Kier molecular flexibility index (Phi) is 5.56. The summed E-state index contributed by atoms with van der Waals surface area (Å²) < 4.78 is 5.65. The van der Waals surface area contributed by atoms with Gasteiger partial charge in [-0.1, -0.05) is 6.07 Å². The lowest BCUT2D eigenvalue weighted by Gasteiger charge is -2.19. The summed E-state index contributed by atoms with van der Waals surface area (Å²) in [6.45, 7) is 5.43. The van der Waals surface area contributed by atoms with Gasteiger partial charge in [0.05, 0.1) is 16.1 Å². The van der Waals surface area contributed by atoms with E-state index in [9.17, 15) is 9.59 Å². The molecule has 0 saturated carbocycles. The molecule has 0 aliphatic heterocycles. The zero-order chi connectivity index (χ0) is 17.7. The molecule has 128 valence electrons. The van der Waals surface area contributed by atoms with Crippen molar-refractivity contribution in [1.29, 1.82) is 0 Å². The van der Waals surface area contributed by atoms with Crippen molar-refractivity contribution < 1.29 is 19.4 Å². The molecule has 7 heteroatoms. The highest BCUT2D eigenvalue weighted by molar-refractivity contribution is 7.09. The van der Waals surface area contributed by atoms with E-state index in [0.29, 0.717) is 17.9 Å². The third kappa shape index (κ3) is 4.79. The minimum atomic E-state index is -1.02. The summed E-state index contributed by atoms with van der Waals surface area (Å²) in [6, 6.07) is 6.77.